The largest absolute Gasteiger partial charge is 0.341 e. The van der Waals surface area contributed by atoms with E-state index in [0.717, 1.165) is 38.9 Å². The average Bonchev–Trinajstić information content (AvgIpc) is 2.46. The second-order valence-electron chi connectivity index (χ2n) is 6.90. The maximum absolute atomic E-state index is 12.6. The van der Waals surface area contributed by atoms with Crippen molar-refractivity contribution in [2.75, 3.05) is 13.1 Å². The Kier molecular flexibility index (Phi) is 3.55. The molecule has 2 aliphatic rings. The van der Waals surface area contributed by atoms with Gasteiger partial charge in [0.2, 0.25) is 5.91 Å². The number of piperidine rings is 1. The number of fused-ring (bicyclic) bond motifs is 1. The van der Waals surface area contributed by atoms with Crippen LogP contribution in [0.4, 0.5) is 0 Å². The molecule has 1 atom stereocenters. The van der Waals surface area contributed by atoms with Crippen molar-refractivity contribution in [2.45, 2.75) is 45.7 Å². The molecule has 0 radical (unpaired) electrons. The zero-order chi connectivity index (χ0) is 14.2. The number of nitrogens with zero attached hydrogens (tertiary/aromatic N) is 1. The SMILES string of the molecule is CC1(C)CCN(C(=O)C2Cc3ccccc3CN2)CC1. The van der Waals surface area contributed by atoms with Crippen molar-refractivity contribution in [2.24, 2.45) is 5.41 Å². The van der Waals surface area contributed by atoms with E-state index in [1.165, 1.54) is 11.1 Å². The van der Waals surface area contributed by atoms with Crippen LogP contribution in [0.5, 0.6) is 0 Å². The van der Waals surface area contributed by atoms with Crippen molar-refractivity contribution >= 4 is 5.91 Å². The smallest absolute Gasteiger partial charge is 0.240 e. The Morgan fingerprint density at radius 2 is 1.85 bits per heavy atom. The normalized spacial score (nSPS) is 25.1. The summed E-state index contributed by atoms with van der Waals surface area (Å²) in [5.74, 6) is 0.287. The molecule has 1 N–H and O–H groups in total. The van der Waals surface area contributed by atoms with Gasteiger partial charge in [0.05, 0.1) is 6.04 Å². The Labute approximate surface area is 121 Å². The summed E-state index contributed by atoms with van der Waals surface area (Å²) in [7, 11) is 0. The Hall–Kier alpha value is -1.35. The van der Waals surface area contributed by atoms with Gasteiger partial charge in [0, 0.05) is 19.6 Å². The molecular weight excluding hydrogens is 248 g/mol. The molecule has 0 spiro atoms. The average molecular weight is 272 g/mol. The number of carbonyl (C=O) groups excluding carboxylic acids is 1. The number of benzene rings is 1. The standard InChI is InChI=1S/C17H24N2O/c1-17(2)7-9-19(10-8-17)16(20)15-11-13-5-3-4-6-14(13)12-18-15/h3-6,15,18H,7-12H2,1-2H3. The van der Waals surface area contributed by atoms with Gasteiger partial charge in [0.1, 0.15) is 0 Å². The van der Waals surface area contributed by atoms with Crippen LogP contribution in [0, 0.1) is 5.41 Å². The summed E-state index contributed by atoms with van der Waals surface area (Å²) in [6, 6.07) is 8.39. The fourth-order valence-corrected chi connectivity index (χ4v) is 3.18. The van der Waals surface area contributed by atoms with Crippen LogP contribution >= 0.6 is 0 Å². The first-order chi connectivity index (χ1) is 9.55. The van der Waals surface area contributed by atoms with Gasteiger partial charge in [0.15, 0.2) is 0 Å². The molecule has 0 bridgehead atoms. The lowest BCUT2D eigenvalue weighted by Crippen LogP contribution is -2.52. The van der Waals surface area contributed by atoms with Crippen LogP contribution < -0.4 is 5.32 Å². The van der Waals surface area contributed by atoms with Crippen LogP contribution in [0.1, 0.15) is 37.8 Å². The van der Waals surface area contributed by atoms with E-state index in [4.69, 9.17) is 0 Å². The number of carbonyl (C=O) groups is 1. The van der Waals surface area contributed by atoms with Gasteiger partial charge in [0.25, 0.3) is 0 Å². The highest BCUT2D eigenvalue weighted by atomic mass is 16.2. The lowest BCUT2D eigenvalue weighted by atomic mass is 9.82. The van der Waals surface area contributed by atoms with Crippen LogP contribution in [0.3, 0.4) is 0 Å². The molecule has 1 saturated heterocycles. The molecule has 2 heterocycles. The molecular formula is C17H24N2O. The van der Waals surface area contributed by atoms with E-state index >= 15 is 0 Å². The summed E-state index contributed by atoms with van der Waals surface area (Å²) in [5, 5.41) is 3.40. The third-order valence-electron chi connectivity index (χ3n) is 4.81. The molecule has 1 aromatic rings. The number of nitrogens with one attached hydrogen (secondary N) is 1. The molecule has 1 fully saturated rings. The van der Waals surface area contributed by atoms with Crippen molar-refractivity contribution in [3.05, 3.63) is 35.4 Å². The van der Waals surface area contributed by atoms with Gasteiger partial charge in [-0.2, -0.15) is 0 Å². The first-order valence-electron chi connectivity index (χ1n) is 7.64. The van der Waals surface area contributed by atoms with E-state index < -0.39 is 0 Å². The highest BCUT2D eigenvalue weighted by Crippen LogP contribution is 2.30. The van der Waals surface area contributed by atoms with E-state index in [2.05, 4.69) is 48.3 Å². The maximum Gasteiger partial charge on any atom is 0.240 e. The lowest BCUT2D eigenvalue weighted by Gasteiger charge is -2.39. The Morgan fingerprint density at radius 3 is 2.55 bits per heavy atom. The molecule has 0 aliphatic carbocycles. The Bertz CT molecular complexity index is 499. The number of hydrogen-bond acceptors (Lipinski definition) is 2. The van der Waals surface area contributed by atoms with Gasteiger partial charge < -0.3 is 10.2 Å². The van der Waals surface area contributed by atoms with Crippen LogP contribution in [-0.4, -0.2) is 29.9 Å². The third-order valence-corrected chi connectivity index (χ3v) is 4.81. The minimum atomic E-state index is -0.0360. The molecule has 0 saturated carbocycles. The van der Waals surface area contributed by atoms with Crippen LogP contribution in [0.25, 0.3) is 0 Å². The van der Waals surface area contributed by atoms with Gasteiger partial charge in [-0.25, -0.2) is 0 Å². The Morgan fingerprint density at radius 1 is 1.20 bits per heavy atom. The van der Waals surface area contributed by atoms with Gasteiger partial charge in [-0.15, -0.1) is 0 Å². The minimum Gasteiger partial charge on any atom is -0.341 e. The summed E-state index contributed by atoms with van der Waals surface area (Å²) in [6.45, 7) is 7.22. The van der Waals surface area contributed by atoms with Gasteiger partial charge in [-0.3, -0.25) is 4.79 Å². The van der Waals surface area contributed by atoms with Crippen LogP contribution in [-0.2, 0) is 17.8 Å². The molecule has 3 nitrogen and oxygen atoms in total. The summed E-state index contributed by atoms with van der Waals surface area (Å²) < 4.78 is 0. The lowest BCUT2D eigenvalue weighted by molar-refractivity contribution is -0.135. The summed E-state index contributed by atoms with van der Waals surface area (Å²) >= 11 is 0. The first kappa shape index (κ1) is 13.6. The van der Waals surface area contributed by atoms with Gasteiger partial charge in [-0.05, 0) is 35.8 Å². The molecule has 3 rings (SSSR count). The summed E-state index contributed by atoms with van der Waals surface area (Å²) in [5.41, 5.74) is 3.04. The van der Waals surface area contributed by atoms with Crippen molar-refractivity contribution in [1.29, 1.82) is 0 Å². The second kappa shape index (κ2) is 5.21. The van der Waals surface area contributed by atoms with Crippen molar-refractivity contribution in [3.8, 4) is 0 Å². The first-order valence-corrected chi connectivity index (χ1v) is 7.64. The molecule has 1 unspecified atom stereocenters. The van der Waals surface area contributed by atoms with Crippen LogP contribution in [0.15, 0.2) is 24.3 Å². The van der Waals surface area contributed by atoms with E-state index in [1.807, 2.05) is 0 Å². The van der Waals surface area contributed by atoms with Crippen LogP contribution in [0.2, 0.25) is 0 Å². The topological polar surface area (TPSA) is 32.3 Å². The number of likely N-dealkylation sites (tertiary alicyclic amines) is 1. The molecule has 3 heteroatoms. The predicted octanol–water partition coefficient (Wildman–Crippen LogP) is 2.35. The highest BCUT2D eigenvalue weighted by Gasteiger charge is 2.32. The molecule has 2 aliphatic heterocycles. The highest BCUT2D eigenvalue weighted by molar-refractivity contribution is 5.82. The number of amides is 1. The summed E-state index contributed by atoms with van der Waals surface area (Å²) in [6.07, 6.45) is 3.05. The molecule has 1 aromatic carbocycles. The zero-order valence-electron chi connectivity index (χ0n) is 12.5. The van der Waals surface area contributed by atoms with Gasteiger partial charge in [-0.1, -0.05) is 38.1 Å². The predicted molar refractivity (Wildman–Crippen MR) is 80.4 cm³/mol. The van der Waals surface area contributed by atoms with Crippen molar-refractivity contribution < 1.29 is 4.79 Å². The second-order valence-corrected chi connectivity index (χ2v) is 6.90. The number of hydrogen-bond donors (Lipinski definition) is 1. The zero-order valence-corrected chi connectivity index (χ0v) is 12.5. The quantitative estimate of drug-likeness (QED) is 0.851. The number of rotatable bonds is 1. The van der Waals surface area contributed by atoms with Crippen molar-refractivity contribution in [3.63, 3.8) is 0 Å². The molecule has 20 heavy (non-hydrogen) atoms. The molecule has 108 valence electrons. The summed E-state index contributed by atoms with van der Waals surface area (Å²) in [4.78, 5) is 14.7. The third kappa shape index (κ3) is 2.73. The monoisotopic (exact) mass is 272 g/mol. The molecule has 1 amide bonds. The van der Waals surface area contributed by atoms with Crippen molar-refractivity contribution in [1.82, 2.24) is 10.2 Å². The fourth-order valence-electron chi connectivity index (χ4n) is 3.18. The van der Waals surface area contributed by atoms with E-state index in [1.54, 1.807) is 0 Å². The minimum absolute atomic E-state index is 0.0360. The maximum atomic E-state index is 12.6. The van der Waals surface area contributed by atoms with E-state index in [-0.39, 0.29) is 11.9 Å². The fraction of sp³-hybridized carbons (Fsp3) is 0.588. The van der Waals surface area contributed by atoms with Gasteiger partial charge >= 0.3 is 0 Å². The van der Waals surface area contributed by atoms with E-state index in [0.29, 0.717) is 5.41 Å². The van der Waals surface area contributed by atoms with E-state index in [9.17, 15) is 4.79 Å². The molecule has 0 aromatic heterocycles. The Balaban J connectivity index is 1.65.